The maximum absolute atomic E-state index is 11.9. The SMILES string of the molecule is CCOP(=O)([O-])Cc1cc(C(C)(C)C)c(O)c(C(C)(C)C)c1.I[I-]I.[Ca+2]. The van der Waals surface area contributed by atoms with E-state index in [1.54, 1.807) is 19.1 Å². The molecule has 0 fully saturated rings. The van der Waals surface area contributed by atoms with Gasteiger partial charge >= 0.3 is 88.2 Å². The van der Waals surface area contributed by atoms with Crippen molar-refractivity contribution in [3.05, 3.63) is 28.8 Å². The number of phenols is 1. The van der Waals surface area contributed by atoms with Gasteiger partial charge in [-0.3, -0.25) is 0 Å². The molecule has 0 saturated carbocycles. The summed E-state index contributed by atoms with van der Waals surface area (Å²) in [7, 11) is -3.91. The summed E-state index contributed by atoms with van der Waals surface area (Å²) in [4.78, 5) is 11.9. The van der Waals surface area contributed by atoms with Crippen molar-refractivity contribution in [2.24, 2.45) is 0 Å². The van der Waals surface area contributed by atoms with Crippen LogP contribution in [0, 0.1) is 0 Å². The molecule has 0 amide bonds. The number of aromatic hydroxyl groups is 1. The van der Waals surface area contributed by atoms with Crippen LogP contribution < -0.4 is 18.1 Å². The summed E-state index contributed by atoms with van der Waals surface area (Å²) in [5.41, 5.74) is 1.61. The van der Waals surface area contributed by atoms with Gasteiger partial charge in [0.05, 0.1) is 6.61 Å². The first-order chi connectivity index (χ1) is 11.2. The van der Waals surface area contributed by atoms with Gasteiger partial charge < -0.3 is 19.1 Å². The Morgan fingerprint density at radius 3 is 1.73 bits per heavy atom. The van der Waals surface area contributed by atoms with Gasteiger partial charge in [0.15, 0.2) is 0 Å². The van der Waals surface area contributed by atoms with Crippen LogP contribution in [0.1, 0.15) is 65.2 Å². The third kappa shape index (κ3) is 11.1. The third-order valence-corrected chi connectivity index (χ3v) is 4.89. The first kappa shape index (κ1) is 30.8. The van der Waals surface area contributed by atoms with Crippen LogP contribution in [0.15, 0.2) is 12.1 Å². The molecule has 1 rings (SSSR count). The normalized spacial score (nSPS) is 14.1. The predicted molar refractivity (Wildman–Crippen MR) is 122 cm³/mol. The van der Waals surface area contributed by atoms with E-state index in [9.17, 15) is 14.6 Å². The molecule has 0 spiro atoms. The van der Waals surface area contributed by atoms with E-state index < -0.39 is 7.60 Å². The second-order valence-corrected chi connectivity index (χ2v) is 25.8. The van der Waals surface area contributed by atoms with Gasteiger partial charge in [0, 0.05) is 6.16 Å². The van der Waals surface area contributed by atoms with Crippen LogP contribution in [0.2, 0.25) is 0 Å². The van der Waals surface area contributed by atoms with E-state index in [1.807, 2.05) is 41.5 Å². The molecule has 0 aliphatic carbocycles. The van der Waals surface area contributed by atoms with Gasteiger partial charge in [-0.15, -0.1) is 0 Å². The zero-order chi connectivity index (χ0) is 20.1. The minimum Gasteiger partial charge on any atom is 2.00 e. The Hall–Kier alpha value is 2.62. The second kappa shape index (κ2) is 13.1. The fourth-order valence-electron chi connectivity index (χ4n) is 2.39. The van der Waals surface area contributed by atoms with Crippen LogP contribution in [-0.4, -0.2) is 49.5 Å². The molecule has 0 heterocycles. The summed E-state index contributed by atoms with van der Waals surface area (Å²) < 4.78 is 16.8. The molecule has 148 valence electrons. The minimum atomic E-state index is -3.91. The van der Waals surface area contributed by atoms with Crippen LogP contribution in [0.3, 0.4) is 0 Å². The van der Waals surface area contributed by atoms with Gasteiger partial charge in [0.1, 0.15) is 13.3 Å². The zero-order valence-corrected chi connectivity index (χ0v) is 26.1. The molecule has 0 bridgehead atoms. The number of hydrogen-bond acceptors (Lipinski definition) is 4. The topological polar surface area (TPSA) is 69.6 Å². The summed E-state index contributed by atoms with van der Waals surface area (Å²) in [6.45, 7) is 13.8. The van der Waals surface area contributed by atoms with E-state index in [0.29, 0.717) is 18.8 Å². The number of phenolic OH excluding ortho intramolecular Hbond substituents is 1. The van der Waals surface area contributed by atoms with Gasteiger partial charge in [0.2, 0.25) is 0 Å². The molecule has 0 aromatic heterocycles. The first-order valence-electron chi connectivity index (χ1n) is 7.88. The molecule has 0 radical (unpaired) electrons. The minimum absolute atomic E-state index is 0. The molecular weight excluding hydrogens is 720 g/mol. The molecule has 0 saturated heterocycles. The van der Waals surface area contributed by atoms with Crippen molar-refractivity contribution in [1.82, 2.24) is 0 Å². The Morgan fingerprint density at radius 1 is 1.12 bits per heavy atom. The van der Waals surface area contributed by atoms with E-state index in [2.05, 4.69) is 37.2 Å². The van der Waals surface area contributed by atoms with Crippen molar-refractivity contribution in [3.63, 3.8) is 0 Å². The third-order valence-electron chi connectivity index (χ3n) is 3.49. The first-order valence-corrected chi connectivity index (χ1v) is 22.2. The van der Waals surface area contributed by atoms with Crippen molar-refractivity contribution >= 4 is 82.6 Å². The quantitative estimate of drug-likeness (QED) is 0.292. The Morgan fingerprint density at radius 2 is 1.46 bits per heavy atom. The Bertz CT molecular complexity index is 578. The maximum Gasteiger partial charge on any atom is 2.00 e. The summed E-state index contributed by atoms with van der Waals surface area (Å²) in [6.07, 6.45) is -0.159. The number of hydrogen-bond donors (Lipinski definition) is 1. The van der Waals surface area contributed by atoms with Gasteiger partial charge in [-0.1, -0.05) is 53.7 Å². The van der Waals surface area contributed by atoms with Crippen LogP contribution in [0.25, 0.3) is 0 Å². The molecule has 9 heteroatoms. The molecule has 1 unspecified atom stereocenters. The number of halogens is 3. The standard InChI is InChI=1S/C17H29O4P.Ca.I3/c1-8-21-22(19,20)11-12-9-13(16(2,3)4)15(18)14(10-12)17(5,6)7;;1-3-2/h9-10,18H,8,11H2,1-7H3,(H,19,20);;/q;+2;-1/p-1. The van der Waals surface area contributed by atoms with Crippen LogP contribution in [0.4, 0.5) is 0 Å². The summed E-state index contributed by atoms with van der Waals surface area (Å²) in [6, 6.07) is 3.54. The Kier molecular flexibility index (Phi) is 15.6. The number of benzene rings is 1. The van der Waals surface area contributed by atoms with E-state index in [4.69, 9.17) is 4.52 Å². The fraction of sp³-hybridized carbons (Fsp3) is 0.647. The van der Waals surface area contributed by atoms with E-state index in [-0.39, 0.29) is 67.1 Å². The van der Waals surface area contributed by atoms with E-state index in [0.717, 1.165) is 11.1 Å². The van der Waals surface area contributed by atoms with Crippen molar-refractivity contribution < 1.29 is 32.3 Å². The second-order valence-electron chi connectivity index (χ2n) is 7.78. The molecule has 0 aliphatic rings. The smallest absolute Gasteiger partial charge is 2.00 e. The van der Waals surface area contributed by atoms with Crippen molar-refractivity contribution in [2.75, 3.05) is 6.61 Å². The fourth-order valence-corrected chi connectivity index (χ4v) is 3.51. The summed E-state index contributed by atoms with van der Waals surface area (Å²) >= 11 is 5.30. The van der Waals surface area contributed by atoms with Crippen molar-refractivity contribution in [3.8, 4) is 5.75 Å². The molecule has 1 aromatic carbocycles. The van der Waals surface area contributed by atoms with Gasteiger partial charge in [-0.05, 0) is 34.4 Å². The van der Waals surface area contributed by atoms with E-state index in [1.165, 1.54) is 0 Å². The van der Waals surface area contributed by atoms with E-state index >= 15 is 0 Å². The molecular formula is C17H28CaI3O4P. The van der Waals surface area contributed by atoms with Gasteiger partial charge in [-0.2, -0.15) is 0 Å². The Balaban J connectivity index is 0. The maximum atomic E-state index is 11.9. The largest absolute Gasteiger partial charge is 2.00 e. The van der Waals surface area contributed by atoms with Crippen LogP contribution in [-0.2, 0) is 26.1 Å². The monoisotopic (exact) mass is 748 g/mol. The zero-order valence-electron chi connectivity index (χ0n) is 16.5. The average Bonchev–Trinajstić information content (AvgIpc) is 2.38. The van der Waals surface area contributed by atoms with Crippen molar-refractivity contribution in [1.29, 1.82) is 0 Å². The Labute approximate surface area is 218 Å². The summed E-state index contributed by atoms with van der Waals surface area (Å²) in [5, 5.41) is 10.6. The molecule has 1 atom stereocenters. The van der Waals surface area contributed by atoms with Crippen LogP contribution >= 0.6 is 44.8 Å². The van der Waals surface area contributed by atoms with Gasteiger partial charge in [0.25, 0.3) is 0 Å². The molecule has 1 N–H and O–H groups in total. The average molecular weight is 748 g/mol. The van der Waals surface area contributed by atoms with Gasteiger partial charge in [-0.25, -0.2) is 0 Å². The summed E-state index contributed by atoms with van der Waals surface area (Å²) in [5.74, 6) is 0.251. The molecule has 1 aromatic rings. The van der Waals surface area contributed by atoms with Crippen LogP contribution in [0.5, 0.6) is 5.75 Å². The van der Waals surface area contributed by atoms with Crippen molar-refractivity contribution in [2.45, 2.75) is 65.5 Å². The number of rotatable bonds is 4. The molecule has 4 nitrogen and oxygen atoms in total. The molecule has 0 aliphatic heterocycles. The molecule has 26 heavy (non-hydrogen) atoms. The predicted octanol–water partition coefficient (Wildman–Crippen LogP) is 2.47.